The number of nitrogens with zero attached hydrogens (tertiary/aromatic N) is 3. The van der Waals surface area contributed by atoms with Crippen LogP contribution in [0.4, 0.5) is 0 Å². The van der Waals surface area contributed by atoms with Crippen LogP contribution in [0, 0.1) is 0 Å². The van der Waals surface area contributed by atoms with Crippen molar-refractivity contribution in [3.8, 4) is 0 Å². The van der Waals surface area contributed by atoms with E-state index in [1.165, 1.54) is 12.8 Å². The van der Waals surface area contributed by atoms with Crippen LogP contribution < -0.4 is 0 Å². The molecular formula is C20H27N3O2. The SMILES string of the molecule is CC(=O)N1CCC[C@@H]1[C@H]1CCCN1CCCc1nc2ccccc2o1. The van der Waals surface area contributed by atoms with Gasteiger partial charge >= 0.3 is 0 Å². The minimum absolute atomic E-state index is 0.237. The number of rotatable bonds is 5. The summed E-state index contributed by atoms with van der Waals surface area (Å²) < 4.78 is 5.83. The van der Waals surface area contributed by atoms with Crippen LogP contribution in [0.5, 0.6) is 0 Å². The van der Waals surface area contributed by atoms with Crippen molar-refractivity contribution in [2.24, 2.45) is 0 Å². The molecule has 0 radical (unpaired) electrons. The third-order valence-corrected chi connectivity index (χ3v) is 5.74. The maximum atomic E-state index is 11.9. The number of para-hydroxylation sites is 2. The summed E-state index contributed by atoms with van der Waals surface area (Å²) in [5.41, 5.74) is 1.82. The molecule has 0 saturated carbocycles. The van der Waals surface area contributed by atoms with Crippen LogP contribution in [0.3, 0.4) is 0 Å². The van der Waals surface area contributed by atoms with E-state index in [2.05, 4.69) is 14.8 Å². The monoisotopic (exact) mass is 341 g/mol. The first-order valence-corrected chi connectivity index (χ1v) is 9.58. The number of hydrogen-bond donors (Lipinski definition) is 0. The summed E-state index contributed by atoms with van der Waals surface area (Å²) >= 11 is 0. The van der Waals surface area contributed by atoms with E-state index < -0.39 is 0 Å². The lowest BCUT2D eigenvalue weighted by Gasteiger charge is -2.34. The second-order valence-corrected chi connectivity index (χ2v) is 7.35. The summed E-state index contributed by atoms with van der Waals surface area (Å²) in [6, 6.07) is 8.90. The standard InChI is InChI=1S/C20H27N3O2/c1-15(24)23-14-5-9-18(23)17-8-4-12-22(17)13-6-11-20-21-16-7-2-3-10-19(16)25-20/h2-3,7,10,17-18H,4-6,8-9,11-14H2,1H3/t17-,18-/m1/s1. The minimum atomic E-state index is 0.237. The number of amides is 1. The highest BCUT2D eigenvalue weighted by Gasteiger charge is 2.38. The zero-order valence-corrected chi connectivity index (χ0v) is 15.0. The van der Waals surface area contributed by atoms with Gasteiger partial charge in [-0.05, 0) is 57.3 Å². The van der Waals surface area contributed by atoms with E-state index >= 15 is 0 Å². The highest BCUT2D eigenvalue weighted by Crippen LogP contribution is 2.30. The van der Waals surface area contributed by atoms with Gasteiger partial charge in [-0.15, -0.1) is 0 Å². The highest BCUT2D eigenvalue weighted by molar-refractivity contribution is 5.74. The summed E-state index contributed by atoms with van der Waals surface area (Å²) in [6.45, 7) is 4.87. The molecule has 2 saturated heterocycles. The molecule has 3 heterocycles. The van der Waals surface area contributed by atoms with Crippen LogP contribution in [0.15, 0.2) is 28.7 Å². The van der Waals surface area contributed by atoms with Gasteiger partial charge < -0.3 is 9.32 Å². The summed E-state index contributed by atoms with van der Waals surface area (Å²) in [5, 5.41) is 0. The van der Waals surface area contributed by atoms with Gasteiger partial charge in [0.25, 0.3) is 0 Å². The number of aromatic nitrogens is 1. The number of carbonyl (C=O) groups is 1. The third kappa shape index (κ3) is 3.43. The molecule has 2 aliphatic rings. The van der Waals surface area contributed by atoms with Gasteiger partial charge in [-0.1, -0.05) is 12.1 Å². The molecule has 134 valence electrons. The van der Waals surface area contributed by atoms with Crippen LogP contribution in [0.2, 0.25) is 0 Å². The van der Waals surface area contributed by atoms with Crippen LogP contribution in [-0.4, -0.2) is 52.4 Å². The predicted octanol–water partition coefficient (Wildman–Crippen LogP) is 3.24. The van der Waals surface area contributed by atoms with E-state index in [1.54, 1.807) is 6.92 Å². The predicted molar refractivity (Wildman–Crippen MR) is 97.3 cm³/mol. The molecule has 25 heavy (non-hydrogen) atoms. The summed E-state index contributed by atoms with van der Waals surface area (Å²) in [6.07, 6.45) is 6.70. The van der Waals surface area contributed by atoms with Gasteiger partial charge in [-0.25, -0.2) is 4.98 Å². The molecule has 4 rings (SSSR count). The number of likely N-dealkylation sites (tertiary alicyclic amines) is 2. The largest absolute Gasteiger partial charge is 0.441 e. The van der Waals surface area contributed by atoms with E-state index in [0.717, 1.165) is 62.3 Å². The van der Waals surface area contributed by atoms with E-state index in [9.17, 15) is 4.79 Å². The van der Waals surface area contributed by atoms with Crippen LogP contribution in [0.25, 0.3) is 11.1 Å². The number of fused-ring (bicyclic) bond motifs is 1. The van der Waals surface area contributed by atoms with Gasteiger partial charge in [0.2, 0.25) is 5.91 Å². The molecule has 0 N–H and O–H groups in total. The van der Waals surface area contributed by atoms with Crippen molar-refractivity contribution in [1.29, 1.82) is 0 Å². The molecule has 0 bridgehead atoms. The Hall–Kier alpha value is -1.88. The quantitative estimate of drug-likeness (QED) is 0.838. The molecule has 1 amide bonds. The Morgan fingerprint density at radius 3 is 2.84 bits per heavy atom. The molecule has 1 aromatic heterocycles. The number of benzene rings is 1. The zero-order valence-electron chi connectivity index (χ0n) is 15.0. The normalized spacial score (nSPS) is 24.4. The van der Waals surface area contributed by atoms with Gasteiger partial charge in [-0.3, -0.25) is 9.69 Å². The average Bonchev–Trinajstić information content (AvgIpc) is 3.33. The molecule has 5 nitrogen and oxygen atoms in total. The summed E-state index contributed by atoms with van der Waals surface area (Å²) in [4.78, 5) is 21.2. The lowest BCUT2D eigenvalue weighted by molar-refractivity contribution is -0.130. The van der Waals surface area contributed by atoms with Crippen LogP contribution in [0.1, 0.15) is 44.9 Å². The smallest absolute Gasteiger partial charge is 0.219 e. The fraction of sp³-hybridized carbons (Fsp3) is 0.600. The van der Waals surface area contributed by atoms with Gasteiger partial charge in [0.15, 0.2) is 11.5 Å². The molecule has 1 aromatic carbocycles. The van der Waals surface area contributed by atoms with Crippen molar-refractivity contribution in [3.63, 3.8) is 0 Å². The Kier molecular flexibility index (Phi) is 4.75. The molecule has 0 spiro atoms. The average molecular weight is 341 g/mol. The summed E-state index contributed by atoms with van der Waals surface area (Å²) in [5.74, 6) is 1.07. The van der Waals surface area contributed by atoms with Gasteiger partial charge in [0, 0.05) is 32.0 Å². The Morgan fingerprint density at radius 2 is 2.00 bits per heavy atom. The first kappa shape index (κ1) is 16.6. The number of carbonyl (C=O) groups excluding carboxylic acids is 1. The van der Waals surface area contributed by atoms with E-state index in [-0.39, 0.29) is 5.91 Å². The Morgan fingerprint density at radius 1 is 1.20 bits per heavy atom. The first-order valence-electron chi connectivity index (χ1n) is 9.58. The topological polar surface area (TPSA) is 49.6 Å². The lowest BCUT2D eigenvalue weighted by Crippen LogP contribution is -2.47. The van der Waals surface area contributed by atoms with E-state index in [1.807, 2.05) is 24.3 Å². The Bertz CT molecular complexity index is 708. The molecule has 2 fully saturated rings. The lowest BCUT2D eigenvalue weighted by atomic mass is 10.0. The minimum Gasteiger partial charge on any atom is -0.441 e. The number of aryl methyl sites for hydroxylation is 1. The fourth-order valence-electron chi connectivity index (χ4n) is 4.61. The molecule has 0 unspecified atom stereocenters. The zero-order chi connectivity index (χ0) is 17.2. The Balaban J connectivity index is 1.34. The number of hydrogen-bond acceptors (Lipinski definition) is 4. The second-order valence-electron chi connectivity index (χ2n) is 7.35. The van der Waals surface area contributed by atoms with E-state index in [4.69, 9.17) is 4.42 Å². The van der Waals surface area contributed by atoms with Crippen molar-refractivity contribution in [2.45, 2.75) is 57.5 Å². The van der Waals surface area contributed by atoms with Gasteiger partial charge in [0.05, 0.1) is 0 Å². The molecule has 2 aliphatic heterocycles. The van der Waals surface area contributed by atoms with Crippen molar-refractivity contribution >= 4 is 17.0 Å². The molecule has 2 aromatic rings. The molecule has 0 aliphatic carbocycles. The second kappa shape index (κ2) is 7.16. The Labute approximate surface area is 149 Å². The maximum Gasteiger partial charge on any atom is 0.219 e. The fourth-order valence-corrected chi connectivity index (χ4v) is 4.61. The third-order valence-electron chi connectivity index (χ3n) is 5.74. The van der Waals surface area contributed by atoms with Crippen molar-refractivity contribution < 1.29 is 9.21 Å². The molecule has 5 heteroatoms. The van der Waals surface area contributed by atoms with Crippen LogP contribution >= 0.6 is 0 Å². The summed E-state index contributed by atoms with van der Waals surface area (Å²) in [7, 11) is 0. The van der Waals surface area contributed by atoms with Gasteiger partial charge in [0.1, 0.15) is 5.52 Å². The van der Waals surface area contributed by atoms with Crippen LogP contribution in [-0.2, 0) is 11.2 Å². The molecule has 2 atom stereocenters. The number of oxazole rings is 1. The van der Waals surface area contributed by atoms with Crippen molar-refractivity contribution in [1.82, 2.24) is 14.8 Å². The highest BCUT2D eigenvalue weighted by atomic mass is 16.3. The van der Waals surface area contributed by atoms with Gasteiger partial charge in [-0.2, -0.15) is 0 Å². The van der Waals surface area contributed by atoms with E-state index in [0.29, 0.717) is 12.1 Å². The van der Waals surface area contributed by atoms with Crippen molar-refractivity contribution in [3.05, 3.63) is 30.2 Å². The van der Waals surface area contributed by atoms with Crippen molar-refractivity contribution in [2.75, 3.05) is 19.6 Å². The molecular weight excluding hydrogens is 314 g/mol. The maximum absolute atomic E-state index is 11.9. The first-order chi connectivity index (χ1) is 12.2.